The van der Waals surface area contributed by atoms with E-state index in [0.29, 0.717) is 0 Å². The maximum absolute atomic E-state index is 13.5. The minimum Gasteiger partial charge on any atom is -0.348 e. The van der Waals surface area contributed by atoms with Crippen molar-refractivity contribution in [2.45, 2.75) is 19.6 Å². The molecule has 0 fully saturated rings. The quantitative estimate of drug-likeness (QED) is 0.911. The second kappa shape index (κ2) is 5.61. The van der Waals surface area contributed by atoms with Crippen LogP contribution >= 0.6 is 0 Å². The van der Waals surface area contributed by atoms with E-state index >= 15 is 0 Å². The number of hydrogen-bond acceptors (Lipinski definition) is 2. The second-order valence-corrected chi connectivity index (χ2v) is 4.99. The van der Waals surface area contributed by atoms with E-state index in [4.69, 9.17) is 0 Å². The Morgan fingerprint density at radius 2 is 1.81 bits per heavy atom. The fourth-order valence-corrected chi connectivity index (χ4v) is 2.44. The summed E-state index contributed by atoms with van der Waals surface area (Å²) in [4.78, 5) is 11.9. The molecule has 2 N–H and O–H groups in total. The van der Waals surface area contributed by atoms with Crippen molar-refractivity contribution in [2.24, 2.45) is 0 Å². The van der Waals surface area contributed by atoms with Crippen LogP contribution in [-0.4, -0.2) is 5.91 Å². The van der Waals surface area contributed by atoms with Gasteiger partial charge in [-0.2, -0.15) is 0 Å². The van der Waals surface area contributed by atoms with Gasteiger partial charge < -0.3 is 10.6 Å². The molecule has 0 bridgehead atoms. The number of rotatable bonds is 3. The Hall–Kier alpha value is -2.27. The van der Waals surface area contributed by atoms with Crippen molar-refractivity contribution in [2.75, 3.05) is 0 Å². The first-order chi connectivity index (χ1) is 10.1. The van der Waals surface area contributed by atoms with E-state index in [0.717, 1.165) is 30.8 Å². The van der Waals surface area contributed by atoms with Gasteiger partial charge in [0.05, 0.1) is 0 Å². The van der Waals surface area contributed by atoms with Crippen molar-refractivity contribution in [1.82, 2.24) is 10.6 Å². The summed E-state index contributed by atoms with van der Waals surface area (Å²) in [6.45, 7) is 1.89. The Morgan fingerprint density at radius 1 is 1.10 bits per heavy atom. The van der Waals surface area contributed by atoms with E-state index in [-0.39, 0.29) is 6.54 Å². The molecule has 2 aromatic rings. The summed E-state index contributed by atoms with van der Waals surface area (Å²) in [5, 5.41) is 5.78. The molecule has 1 amide bonds. The normalized spacial score (nSPS) is 13.0. The zero-order valence-corrected chi connectivity index (χ0v) is 11.2. The Labute approximate surface area is 121 Å². The van der Waals surface area contributed by atoms with E-state index in [2.05, 4.69) is 10.6 Å². The van der Waals surface area contributed by atoms with Gasteiger partial charge in [-0.1, -0.05) is 24.3 Å². The molecule has 0 saturated heterocycles. The van der Waals surface area contributed by atoms with Gasteiger partial charge in [-0.3, -0.25) is 4.79 Å². The molecule has 0 unspecified atom stereocenters. The van der Waals surface area contributed by atoms with Crippen molar-refractivity contribution in [3.8, 4) is 0 Å². The summed E-state index contributed by atoms with van der Waals surface area (Å²) in [5.41, 5.74) is 2.80. The van der Waals surface area contributed by atoms with Crippen LogP contribution in [0.2, 0.25) is 0 Å². The minimum atomic E-state index is -0.856. The number of benzene rings is 2. The second-order valence-electron chi connectivity index (χ2n) is 4.99. The molecular formula is C16H14F2N2O. The van der Waals surface area contributed by atoms with Crippen LogP contribution in [0, 0.1) is 11.6 Å². The van der Waals surface area contributed by atoms with E-state index in [1.54, 1.807) is 0 Å². The number of nitrogens with one attached hydrogen (secondary N) is 2. The van der Waals surface area contributed by atoms with Gasteiger partial charge in [0.25, 0.3) is 5.91 Å². The van der Waals surface area contributed by atoms with Crippen molar-refractivity contribution in [1.29, 1.82) is 0 Å². The van der Waals surface area contributed by atoms with E-state index in [9.17, 15) is 13.6 Å². The highest BCUT2D eigenvalue weighted by molar-refractivity contribution is 5.94. The molecule has 21 heavy (non-hydrogen) atoms. The predicted octanol–water partition coefficient (Wildman–Crippen LogP) is 2.50. The number of amides is 1. The smallest absolute Gasteiger partial charge is 0.257 e. The van der Waals surface area contributed by atoms with Gasteiger partial charge in [0.15, 0.2) is 0 Å². The van der Waals surface area contributed by atoms with Gasteiger partial charge in [-0.25, -0.2) is 8.78 Å². The summed E-state index contributed by atoms with van der Waals surface area (Å²) >= 11 is 0. The molecule has 1 aliphatic heterocycles. The topological polar surface area (TPSA) is 41.1 Å². The van der Waals surface area contributed by atoms with Crippen LogP contribution in [0.3, 0.4) is 0 Å². The van der Waals surface area contributed by atoms with Crippen LogP contribution in [0.4, 0.5) is 8.78 Å². The van der Waals surface area contributed by atoms with Gasteiger partial charge in [0.1, 0.15) is 17.2 Å². The lowest BCUT2D eigenvalue weighted by molar-refractivity contribution is 0.0942. The van der Waals surface area contributed by atoms with Gasteiger partial charge in [-0.05, 0) is 28.8 Å². The van der Waals surface area contributed by atoms with Crippen LogP contribution in [0.25, 0.3) is 0 Å². The minimum absolute atomic E-state index is 0.236. The molecule has 2 aromatic carbocycles. The highest BCUT2D eigenvalue weighted by Crippen LogP contribution is 2.17. The predicted molar refractivity (Wildman–Crippen MR) is 74.5 cm³/mol. The fraction of sp³-hybridized carbons (Fsp3) is 0.188. The summed E-state index contributed by atoms with van der Waals surface area (Å²) in [6, 6.07) is 9.27. The van der Waals surface area contributed by atoms with Crippen molar-refractivity contribution in [3.05, 3.63) is 70.3 Å². The molecule has 3 rings (SSSR count). The first-order valence-electron chi connectivity index (χ1n) is 6.69. The van der Waals surface area contributed by atoms with E-state index < -0.39 is 23.1 Å². The monoisotopic (exact) mass is 288 g/mol. The van der Waals surface area contributed by atoms with E-state index in [1.807, 2.05) is 18.2 Å². The number of hydrogen-bond donors (Lipinski definition) is 2. The van der Waals surface area contributed by atoms with Gasteiger partial charge in [0, 0.05) is 19.6 Å². The third-order valence-electron chi connectivity index (χ3n) is 3.54. The highest BCUT2D eigenvalue weighted by Gasteiger charge is 2.17. The maximum Gasteiger partial charge on any atom is 0.257 e. The molecule has 0 aliphatic carbocycles. The van der Waals surface area contributed by atoms with Gasteiger partial charge >= 0.3 is 0 Å². The first kappa shape index (κ1) is 13.7. The van der Waals surface area contributed by atoms with Crippen LogP contribution in [-0.2, 0) is 19.6 Å². The van der Waals surface area contributed by atoms with Crippen LogP contribution in [0.5, 0.6) is 0 Å². The Kier molecular flexibility index (Phi) is 3.66. The Bertz CT molecular complexity index is 680. The molecule has 108 valence electrons. The fourth-order valence-electron chi connectivity index (χ4n) is 2.44. The third-order valence-corrected chi connectivity index (χ3v) is 3.54. The molecular weight excluding hydrogens is 274 g/mol. The van der Waals surface area contributed by atoms with Gasteiger partial charge in [-0.15, -0.1) is 0 Å². The number of fused-ring (bicyclic) bond motifs is 1. The SMILES string of the molecule is O=C(NCc1ccc2c(c1)CNC2)c1c(F)cccc1F. The molecule has 0 saturated carbocycles. The average molecular weight is 288 g/mol. The summed E-state index contributed by atoms with van der Waals surface area (Å²) in [7, 11) is 0. The average Bonchev–Trinajstić information content (AvgIpc) is 2.92. The standard InChI is InChI=1S/C16H14F2N2O/c17-13-2-1-3-14(18)15(13)16(21)20-7-10-4-5-11-8-19-9-12(11)6-10/h1-6,19H,7-9H2,(H,20,21). The molecule has 1 aliphatic rings. The molecule has 5 heteroatoms. The van der Waals surface area contributed by atoms with Crippen molar-refractivity contribution in [3.63, 3.8) is 0 Å². The first-order valence-corrected chi connectivity index (χ1v) is 6.69. The Morgan fingerprint density at radius 3 is 2.57 bits per heavy atom. The number of carbonyl (C=O) groups excluding carboxylic acids is 1. The zero-order valence-electron chi connectivity index (χ0n) is 11.2. The molecule has 3 nitrogen and oxygen atoms in total. The molecule has 0 spiro atoms. The summed E-state index contributed by atoms with van der Waals surface area (Å²) < 4.78 is 27.0. The molecule has 0 atom stereocenters. The molecule has 0 aromatic heterocycles. The molecule has 0 radical (unpaired) electrons. The van der Waals surface area contributed by atoms with Gasteiger partial charge in [0.2, 0.25) is 0 Å². The zero-order chi connectivity index (χ0) is 14.8. The van der Waals surface area contributed by atoms with Crippen LogP contribution < -0.4 is 10.6 Å². The van der Waals surface area contributed by atoms with E-state index in [1.165, 1.54) is 17.2 Å². The number of halogens is 2. The largest absolute Gasteiger partial charge is 0.348 e. The van der Waals surface area contributed by atoms with Crippen LogP contribution in [0.1, 0.15) is 27.0 Å². The Balaban J connectivity index is 1.71. The highest BCUT2D eigenvalue weighted by atomic mass is 19.1. The van der Waals surface area contributed by atoms with Crippen molar-refractivity contribution < 1.29 is 13.6 Å². The van der Waals surface area contributed by atoms with Crippen LogP contribution in [0.15, 0.2) is 36.4 Å². The lowest BCUT2D eigenvalue weighted by Gasteiger charge is -2.08. The number of carbonyl (C=O) groups is 1. The third kappa shape index (κ3) is 2.78. The van der Waals surface area contributed by atoms with Crippen molar-refractivity contribution >= 4 is 5.91 Å². The summed E-state index contributed by atoms with van der Waals surface area (Å²) in [5.74, 6) is -2.46. The summed E-state index contributed by atoms with van der Waals surface area (Å²) in [6.07, 6.45) is 0. The lowest BCUT2D eigenvalue weighted by atomic mass is 10.1. The maximum atomic E-state index is 13.5. The molecule has 1 heterocycles. The lowest BCUT2D eigenvalue weighted by Crippen LogP contribution is -2.25.